The Hall–Kier alpha value is -1.59. The molecule has 2 atom stereocenters. The third kappa shape index (κ3) is 7.88. The van der Waals surface area contributed by atoms with E-state index in [4.69, 9.17) is 4.74 Å². The Balaban J connectivity index is 0.00000312. The van der Waals surface area contributed by atoms with Crippen molar-refractivity contribution >= 4 is 24.3 Å². The van der Waals surface area contributed by atoms with Gasteiger partial charge in [-0.15, -0.1) is 12.4 Å². The molecule has 1 aliphatic heterocycles. The van der Waals surface area contributed by atoms with E-state index >= 15 is 0 Å². The quantitative estimate of drug-likeness (QED) is 0.656. The summed E-state index contributed by atoms with van der Waals surface area (Å²) in [6.45, 7) is 4.54. The number of carbonyl (C=O) groups is 2. The van der Waals surface area contributed by atoms with Crippen molar-refractivity contribution in [2.24, 2.45) is 11.8 Å². The highest BCUT2D eigenvalue weighted by Crippen LogP contribution is 2.14. The molecule has 140 valence electrons. The fourth-order valence-corrected chi connectivity index (χ4v) is 3.02. The fraction of sp³-hybridized carbons (Fsp3) is 0.579. The van der Waals surface area contributed by atoms with Crippen molar-refractivity contribution in [3.8, 4) is 0 Å². The van der Waals surface area contributed by atoms with Crippen molar-refractivity contribution < 1.29 is 14.3 Å². The van der Waals surface area contributed by atoms with Crippen molar-refractivity contribution in [1.82, 2.24) is 10.6 Å². The molecule has 0 aliphatic carbocycles. The van der Waals surface area contributed by atoms with Crippen LogP contribution in [0.25, 0.3) is 0 Å². The molecule has 1 heterocycles. The summed E-state index contributed by atoms with van der Waals surface area (Å²) in [7, 11) is 0. The predicted molar refractivity (Wildman–Crippen MR) is 101 cm³/mol. The molecule has 0 radical (unpaired) electrons. The van der Waals surface area contributed by atoms with Crippen LogP contribution in [0.5, 0.6) is 0 Å². The van der Waals surface area contributed by atoms with Crippen LogP contribution in [0, 0.1) is 11.8 Å². The molecule has 5 nitrogen and oxygen atoms in total. The van der Waals surface area contributed by atoms with Crippen LogP contribution in [0.1, 0.15) is 31.7 Å². The van der Waals surface area contributed by atoms with Gasteiger partial charge >= 0.3 is 5.97 Å². The topological polar surface area (TPSA) is 67.4 Å². The van der Waals surface area contributed by atoms with Crippen LogP contribution in [0.2, 0.25) is 0 Å². The third-order valence-corrected chi connectivity index (χ3v) is 4.43. The van der Waals surface area contributed by atoms with Crippen LogP contribution in [0.3, 0.4) is 0 Å². The van der Waals surface area contributed by atoms with Gasteiger partial charge in [0.25, 0.3) is 0 Å². The van der Waals surface area contributed by atoms with Crippen molar-refractivity contribution in [2.75, 3.05) is 26.2 Å². The predicted octanol–water partition coefficient (Wildman–Crippen LogP) is 2.34. The number of hydrogen-bond acceptors (Lipinski definition) is 4. The van der Waals surface area contributed by atoms with Gasteiger partial charge in [-0.1, -0.05) is 30.3 Å². The molecule has 1 aromatic rings. The van der Waals surface area contributed by atoms with Crippen LogP contribution < -0.4 is 10.6 Å². The second kappa shape index (κ2) is 11.9. The molecule has 25 heavy (non-hydrogen) atoms. The summed E-state index contributed by atoms with van der Waals surface area (Å²) in [4.78, 5) is 24.2. The summed E-state index contributed by atoms with van der Waals surface area (Å²) >= 11 is 0. The van der Waals surface area contributed by atoms with Crippen molar-refractivity contribution in [3.63, 3.8) is 0 Å². The molecule has 1 fully saturated rings. The van der Waals surface area contributed by atoms with Gasteiger partial charge in [0.1, 0.15) is 0 Å². The monoisotopic (exact) mass is 368 g/mol. The Kier molecular flexibility index (Phi) is 10.2. The van der Waals surface area contributed by atoms with Crippen molar-refractivity contribution in [2.45, 2.75) is 32.6 Å². The summed E-state index contributed by atoms with van der Waals surface area (Å²) in [6.07, 6.45) is 3.15. The van der Waals surface area contributed by atoms with E-state index in [1.807, 2.05) is 30.3 Å². The summed E-state index contributed by atoms with van der Waals surface area (Å²) < 4.78 is 5.15. The molecular formula is C19H29ClN2O3. The molecule has 1 aliphatic rings. The maximum atomic E-state index is 12.1. The number of ether oxygens (including phenoxy) is 1. The molecule has 1 saturated heterocycles. The Morgan fingerprint density at radius 3 is 2.72 bits per heavy atom. The van der Waals surface area contributed by atoms with E-state index in [9.17, 15) is 9.59 Å². The molecule has 6 heteroatoms. The Bertz CT molecular complexity index is 519. The van der Waals surface area contributed by atoms with Gasteiger partial charge in [0.2, 0.25) is 5.91 Å². The Morgan fingerprint density at radius 2 is 2.08 bits per heavy atom. The maximum Gasteiger partial charge on any atom is 0.311 e. The molecule has 1 amide bonds. The van der Waals surface area contributed by atoms with Gasteiger partial charge in [-0.05, 0) is 50.8 Å². The first-order valence-corrected chi connectivity index (χ1v) is 8.87. The number of nitrogens with one attached hydrogen (secondary N) is 2. The van der Waals surface area contributed by atoms with E-state index in [0.29, 0.717) is 31.9 Å². The minimum atomic E-state index is -0.343. The lowest BCUT2D eigenvalue weighted by molar-refractivity contribution is -0.147. The van der Waals surface area contributed by atoms with Gasteiger partial charge in [0.15, 0.2) is 0 Å². The first kappa shape index (κ1) is 21.5. The number of esters is 1. The smallest absolute Gasteiger partial charge is 0.311 e. The van der Waals surface area contributed by atoms with Gasteiger partial charge in [0, 0.05) is 13.0 Å². The van der Waals surface area contributed by atoms with E-state index in [1.165, 1.54) is 0 Å². The van der Waals surface area contributed by atoms with Crippen LogP contribution in [-0.4, -0.2) is 38.1 Å². The maximum absolute atomic E-state index is 12.1. The summed E-state index contributed by atoms with van der Waals surface area (Å²) in [6, 6.07) is 9.82. The standard InChI is InChI=1S/C19H28N2O3.ClH/c1-2-24-19(23)17(12-15-6-4-3-5-7-15)14-21-18(22)9-8-16-10-11-20-13-16;/h3-7,16-17,20H,2,8-14H2,1H3,(H,21,22);1H. The van der Waals surface area contributed by atoms with E-state index in [2.05, 4.69) is 10.6 Å². The molecule has 0 bridgehead atoms. The van der Waals surface area contributed by atoms with E-state index < -0.39 is 0 Å². The average molecular weight is 369 g/mol. The highest BCUT2D eigenvalue weighted by molar-refractivity contribution is 5.85. The minimum absolute atomic E-state index is 0. The molecule has 0 saturated carbocycles. The zero-order chi connectivity index (χ0) is 17.2. The van der Waals surface area contributed by atoms with Gasteiger partial charge in [0.05, 0.1) is 12.5 Å². The van der Waals surface area contributed by atoms with Crippen LogP contribution >= 0.6 is 12.4 Å². The number of benzene rings is 1. The first-order chi connectivity index (χ1) is 11.7. The van der Waals surface area contributed by atoms with Crippen LogP contribution in [0.4, 0.5) is 0 Å². The van der Waals surface area contributed by atoms with Gasteiger partial charge in [-0.3, -0.25) is 9.59 Å². The summed E-state index contributed by atoms with van der Waals surface area (Å²) in [5.74, 6) is 0.0243. The molecule has 2 unspecified atom stereocenters. The SMILES string of the molecule is CCOC(=O)C(CNC(=O)CCC1CCNC1)Cc1ccccc1.Cl. The normalized spacial score (nSPS) is 17.4. The van der Waals surface area contributed by atoms with Crippen LogP contribution in [-0.2, 0) is 20.7 Å². The van der Waals surface area contributed by atoms with E-state index in [0.717, 1.165) is 31.5 Å². The fourth-order valence-electron chi connectivity index (χ4n) is 3.02. The zero-order valence-corrected chi connectivity index (χ0v) is 15.6. The lowest BCUT2D eigenvalue weighted by Gasteiger charge is -2.17. The van der Waals surface area contributed by atoms with E-state index in [-0.39, 0.29) is 30.2 Å². The highest BCUT2D eigenvalue weighted by Gasteiger charge is 2.22. The molecule has 2 rings (SSSR count). The summed E-state index contributed by atoms with van der Waals surface area (Å²) in [5, 5.41) is 6.22. The molecule has 0 spiro atoms. The lowest BCUT2D eigenvalue weighted by atomic mass is 9.99. The van der Waals surface area contributed by atoms with Gasteiger partial charge < -0.3 is 15.4 Å². The number of carbonyl (C=O) groups excluding carboxylic acids is 2. The van der Waals surface area contributed by atoms with Crippen molar-refractivity contribution in [1.29, 1.82) is 0 Å². The lowest BCUT2D eigenvalue weighted by Crippen LogP contribution is -2.35. The second-order valence-electron chi connectivity index (χ2n) is 6.34. The van der Waals surface area contributed by atoms with E-state index in [1.54, 1.807) is 6.92 Å². The van der Waals surface area contributed by atoms with Gasteiger partial charge in [-0.2, -0.15) is 0 Å². The second-order valence-corrected chi connectivity index (χ2v) is 6.34. The Morgan fingerprint density at radius 1 is 1.32 bits per heavy atom. The largest absolute Gasteiger partial charge is 0.466 e. The van der Waals surface area contributed by atoms with Crippen molar-refractivity contribution in [3.05, 3.63) is 35.9 Å². The summed E-state index contributed by atoms with van der Waals surface area (Å²) in [5.41, 5.74) is 1.07. The van der Waals surface area contributed by atoms with Crippen LogP contribution in [0.15, 0.2) is 30.3 Å². The first-order valence-electron chi connectivity index (χ1n) is 8.87. The highest BCUT2D eigenvalue weighted by atomic mass is 35.5. The zero-order valence-electron chi connectivity index (χ0n) is 14.8. The minimum Gasteiger partial charge on any atom is -0.466 e. The third-order valence-electron chi connectivity index (χ3n) is 4.43. The van der Waals surface area contributed by atoms with Gasteiger partial charge in [-0.25, -0.2) is 0 Å². The molecule has 1 aromatic carbocycles. The molecule has 0 aromatic heterocycles. The molecule has 2 N–H and O–H groups in total. The number of hydrogen-bond donors (Lipinski definition) is 2. The molecular weight excluding hydrogens is 340 g/mol. The number of amides is 1. The Labute approximate surface area is 156 Å². The number of rotatable bonds is 9. The average Bonchev–Trinajstić information content (AvgIpc) is 3.11. The number of halogens is 1.